The zero-order valence-corrected chi connectivity index (χ0v) is 27.9. The van der Waals surface area contributed by atoms with Crippen LogP contribution in [0.15, 0.2) is 42.5 Å². The lowest BCUT2D eigenvalue weighted by atomic mass is 9.87. The minimum Gasteiger partial charge on any atom is -0.495 e. The molecule has 0 spiro atoms. The molecular weight excluding hydrogens is 640 g/mol. The molecule has 0 bridgehead atoms. The van der Waals surface area contributed by atoms with Crippen molar-refractivity contribution in [2.24, 2.45) is 11.8 Å². The molecule has 1 amide bonds. The summed E-state index contributed by atoms with van der Waals surface area (Å²) in [6.07, 6.45) is -3.84. The molecule has 0 radical (unpaired) electrons. The first kappa shape index (κ1) is 34.9. The van der Waals surface area contributed by atoms with Crippen LogP contribution in [0.25, 0.3) is 10.9 Å². The van der Waals surface area contributed by atoms with Crippen LogP contribution >= 0.6 is 0 Å². The molecule has 1 saturated carbocycles. The summed E-state index contributed by atoms with van der Waals surface area (Å²) in [6, 6.07) is 12.1. The fourth-order valence-corrected chi connectivity index (χ4v) is 6.96. The van der Waals surface area contributed by atoms with Gasteiger partial charge in [-0.05, 0) is 80.6 Å². The Morgan fingerprint density at radius 1 is 1.08 bits per heavy atom. The number of benzene rings is 2. The van der Waals surface area contributed by atoms with Gasteiger partial charge in [-0.25, -0.2) is 4.39 Å². The summed E-state index contributed by atoms with van der Waals surface area (Å²) in [7, 11) is 3.54. The molecule has 3 aromatic rings. The van der Waals surface area contributed by atoms with Gasteiger partial charge in [0.25, 0.3) is 5.91 Å². The van der Waals surface area contributed by atoms with E-state index in [9.17, 15) is 22.4 Å². The summed E-state index contributed by atoms with van der Waals surface area (Å²) in [5.41, 5.74) is 2.45. The van der Waals surface area contributed by atoms with E-state index in [0.29, 0.717) is 54.1 Å². The highest BCUT2D eigenvalue weighted by Gasteiger charge is 2.48. The summed E-state index contributed by atoms with van der Waals surface area (Å²) in [6.45, 7) is 4.94. The van der Waals surface area contributed by atoms with Gasteiger partial charge >= 0.3 is 6.18 Å². The number of ether oxygens (including phenoxy) is 2. The minimum absolute atomic E-state index is 0.0146. The van der Waals surface area contributed by atoms with Crippen molar-refractivity contribution < 1.29 is 31.8 Å². The maximum atomic E-state index is 14.1. The number of morpholine rings is 1. The van der Waals surface area contributed by atoms with Crippen LogP contribution in [0, 0.1) is 23.7 Å². The number of likely N-dealkylation sites (tertiary alicyclic amines) is 1. The zero-order valence-electron chi connectivity index (χ0n) is 27.9. The van der Waals surface area contributed by atoms with E-state index in [4.69, 9.17) is 9.47 Å². The van der Waals surface area contributed by atoms with Gasteiger partial charge in [-0.15, -0.1) is 0 Å². The number of carbonyl (C=O) groups excluding carboxylic acids is 1. The van der Waals surface area contributed by atoms with Gasteiger partial charge in [0.2, 0.25) is 0 Å². The SMILES string of the molecule is COc1cc(C(=O)NCCN2CCOCC2)ccc1NCC#Cc1cc2c(N[C@@H]3CCN(C)C[C@@H]3C3CC3F)cccc2n1CC(F)(F)F. The second-order valence-electron chi connectivity index (χ2n) is 13.1. The smallest absolute Gasteiger partial charge is 0.406 e. The Morgan fingerprint density at radius 2 is 1.88 bits per heavy atom. The van der Waals surface area contributed by atoms with Gasteiger partial charge in [-0.3, -0.25) is 9.69 Å². The predicted molar refractivity (Wildman–Crippen MR) is 182 cm³/mol. The number of aromatic nitrogens is 1. The molecule has 1 aliphatic carbocycles. The summed E-state index contributed by atoms with van der Waals surface area (Å²) in [5, 5.41) is 10.3. The quantitative estimate of drug-likeness (QED) is 0.197. The van der Waals surface area contributed by atoms with Gasteiger partial charge in [-0.2, -0.15) is 13.2 Å². The van der Waals surface area contributed by atoms with E-state index in [1.165, 1.54) is 11.7 Å². The van der Waals surface area contributed by atoms with Gasteiger partial charge in [0.05, 0.1) is 43.8 Å². The fourth-order valence-electron chi connectivity index (χ4n) is 6.96. The van der Waals surface area contributed by atoms with Crippen molar-refractivity contribution >= 4 is 28.2 Å². The minimum atomic E-state index is -4.45. The van der Waals surface area contributed by atoms with E-state index in [1.54, 1.807) is 36.4 Å². The number of nitrogens with zero attached hydrogens (tertiary/aromatic N) is 3. The lowest BCUT2D eigenvalue weighted by Gasteiger charge is -2.38. The number of methoxy groups -OCH3 is 1. The number of alkyl halides is 4. The maximum Gasteiger partial charge on any atom is 0.406 e. The Kier molecular flexibility index (Phi) is 10.9. The zero-order chi connectivity index (χ0) is 34.5. The molecular formula is C36H44F4N6O3. The number of fused-ring (bicyclic) bond motifs is 1. The number of halogens is 4. The molecule has 6 rings (SSSR count). The number of nitrogens with one attached hydrogen (secondary N) is 3. The lowest BCUT2D eigenvalue weighted by Crippen LogP contribution is -2.46. The van der Waals surface area contributed by atoms with Crippen molar-refractivity contribution in [1.29, 1.82) is 0 Å². The third kappa shape index (κ3) is 8.79. The molecule has 3 heterocycles. The van der Waals surface area contributed by atoms with Crippen molar-refractivity contribution in [2.75, 3.05) is 83.8 Å². The normalized spacial score (nSPS) is 23.1. The molecule has 1 aromatic heterocycles. The number of anilines is 2. The fraction of sp³-hybridized carbons (Fsp3) is 0.528. The van der Waals surface area contributed by atoms with E-state index < -0.39 is 18.9 Å². The van der Waals surface area contributed by atoms with E-state index in [-0.39, 0.29) is 36.0 Å². The summed E-state index contributed by atoms with van der Waals surface area (Å²) < 4.78 is 67.5. The molecule has 3 N–H and O–H groups in total. The van der Waals surface area contributed by atoms with Crippen molar-refractivity contribution in [3.8, 4) is 17.6 Å². The van der Waals surface area contributed by atoms with Gasteiger partial charge in [0.1, 0.15) is 18.5 Å². The van der Waals surface area contributed by atoms with Crippen LogP contribution < -0.4 is 20.7 Å². The van der Waals surface area contributed by atoms with E-state index in [2.05, 4.69) is 37.6 Å². The van der Waals surface area contributed by atoms with Crippen LogP contribution in [0.1, 0.15) is 28.9 Å². The number of hydrogen-bond donors (Lipinski definition) is 3. The Balaban J connectivity index is 1.14. The van der Waals surface area contributed by atoms with Crippen LogP contribution in [-0.4, -0.2) is 112 Å². The van der Waals surface area contributed by atoms with Crippen LogP contribution in [0.4, 0.5) is 28.9 Å². The van der Waals surface area contributed by atoms with Gasteiger partial charge < -0.3 is 34.9 Å². The molecule has 49 heavy (non-hydrogen) atoms. The van der Waals surface area contributed by atoms with Crippen molar-refractivity contribution in [3.63, 3.8) is 0 Å². The van der Waals surface area contributed by atoms with Crippen LogP contribution in [0.2, 0.25) is 0 Å². The van der Waals surface area contributed by atoms with Crippen molar-refractivity contribution in [1.82, 2.24) is 19.7 Å². The van der Waals surface area contributed by atoms with Gasteiger partial charge in [-0.1, -0.05) is 12.0 Å². The molecule has 3 fully saturated rings. The summed E-state index contributed by atoms with van der Waals surface area (Å²) >= 11 is 0. The van der Waals surface area contributed by atoms with Gasteiger partial charge in [0, 0.05) is 55.4 Å². The number of rotatable bonds is 11. The highest BCUT2D eigenvalue weighted by atomic mass is 19.4. The van der Waals surface area contributed by atoms with Crippen molar-refractivity contribution in [3.05, 3.63) is 53.7 Å². The second-order valence-corrected chi connectivity index (χ2v) is 13.1. The second kappa shape index (κ2) is 15.3. The average Bonchev–Trinajstić information content (AvgIpc) is 3.72. The monoisotopic (exact) mass is 684 g/mol. The molecule has 264 valence electrons. The van der Waals surface area contributed by atoms with Gasteiger partial charge in [0.15, 0.2) is 0 Å². The Labute approximate surface area is 284 Å². The molecule has 4 atom stereocenters. The average molecular weight is 685 g/mol. The van der Waals surface area contributed by atoms with E-state index in [1.807, 2.05) is 13.1 Å². The third-order valence-electron chi connectivity index (χ3n) is 9.66. The molecule has 3 aliphatic rings. The molecule has 9 nitrogen and oxygen atoms in total. The largest absolute Gasteiger partial charge is 0.495 e. The first-order valence-corrected chi connectivity index (χ1v) is 16.9. The topological polar surface area (TPSA) is 83.0 Å². The first-order valence-electron chi connectivity index (χ1n) is 16.9. The molecule has 2 aromatic carbocycles. The predicted octanol–water partition coefficient (Wildman–Crippen LogP) is 4.83. The molecule has 13 heteroatoms. The van der Waals surface area contributed by atoms with Crippen LogP contribution in [0.5, 0.6) is 5.75 Å². The first-order chi connectivity index (χ1) is 23.6. The number of amides is 1. The van der Waals surface area contributed by atoms with E-state index in [0.717, 1.165) is 44.8 Å². The van der Waals surface area contributed by atoms with Crippen molar-refractivity contribution in [2.45, 2.75) is 37.8 Å². The van der Waals surface area contributed by atoms with Crippen LogP contribution in [-0.2, 0) is 11.3 Å². The van der Waals surface area contributed by atoms with E-state index >= 15 is 0 Å². The highest BCUT2D eigenvalue weighted by Crippen LogP contribution is 2.45. The standard InChI is InChI=1S/C36H44F4N6O3/c1-44-13-10-31(28(22-44)26-21-29(26)37)43-30-6-3-7-33-27(30)20-25(46(33)23-36(38,39)40)5-4-11-41-32-9-8-24(19-34(32)48-2)35(47)42-12-14-45-15-17-49-18-16-45/h3,6-9,19-20,26,28-29,31,41,43H,10-18,21-23H2,1-2H3,(H,42,47)/t26?,28-,29?,31-/m1/s1. The Hall–Kier alpha value is -3.99. The molecule has 2 unspecified atom stereocenters. The summed E-state index contributed by atoms with van der Waals surface area (Å²) in [5.74, 6) is 6.28. The highest BCUT2D eigenvalue weighted by molar-refractivity contribution is 5.95. The molecule has 2 aliphatic heterocycles. The number of carbonyl (C=O) groups is 1. The lowest BCUT2D eigenvalue weighted by molar-refractivity contribution is -0.140. The third-order valence-corrected chi connectivity index (χ3v) is 9.66. The maximum absolute atomic E-state index is 14.1. The summed E-state index contributed by atoms with van der Waals surface area (Å²) in [4.78, 5) is 17.2. The molecule has 2 saturated heterocycles. The number of hydrogen-bond acceptors (Lipinski definition) is 7. The Bertz CT molecular complexity index is 1680. The van der Waals surface area contributed by atoms with Crippen LogP contribution in [0.3, 0.4) is 0 Å². The number of piperidine rings is 1. The Morgan fingerprint density at radius 3 is 2.61 bits per heavy atom.